The van der Waals surface area contributed by atoms with E-state index in [2.05, 4.69) is 23.3 Å². The predicted octanol–water partition coefficient (Wildman–Crippen LogP) is 2.46. The number of nitriles is 1. The normalized spacial score (nSPS) is 14.1. The molecule has 1 aromatic heterocycles. The van der Waals surface area contributed by atoms with Crippen molar-refractivity contribution < 1.29 is 0 Å². The maximum atomic E-state index is 9.14. The van der Waals surface area contributed by atoms with Crippen LogP contribution in [0.4, 0.5) is 0 Å². The van der Waals surface area contributed by atoms with Gasteiger partial charge in [0.05, 0.1) is 11.1 Å². The minimum Gasteiger partial charge on any atom is -0.299 e. The lowest BCUT2D eigenvalue weighted by atomic mass is 10.1. The molecule has 0 bridgehead atoms. The third-order valence-electron chi connectivity index (χ3n) is 2.16. The second-order valence-electron chi connectivity index (χ2n) is 3.83. The Labute approximate surface area is 101 Å². The Hall–Kier alpha value is -1.05. The summed E-state index contributed by atoms with van der Waals surface area (Å²) in [5, 5.41) is 13.4. The maximum absolute atomic E-state index is 9.14. The highest BCUT2D eigenvalue weighted by Crippen LogP contribution is 2.19. The first kappa shape index (κ1) is 13.0. The number of hydrogen-bond acceptors (Lipinski definition) is 4. The van der Waals surface area contributed by atoms with Crippen molar-refractivity contribution >= 4 is 11.8 Å². The van der Waals surface area contributed by atoms with Crippen LogP contribution in [0.2, 0.25) is 0 Å². The van der Waals surface area contributed by atoms with Crippen molar-refractivity contribution in [3.63, 3.8) is 0 Å². The Morgan fingerprint density at radius 3 is 2.94 bits per heavy atom. The standard InChI is InChI=1S/C12H17N3S/c1-3-7-15-12(2,9-13)10-16-11-6-4-5-8-14-11/h4-6,8,15H,3,7,10H2,1-2H3. The minimum absolute atomic E-state index is 0.474. The van der Waals surface area contributed by atoms with Gasteiger partial charge in [0.25, 0.3) is 0 Å². The van der Waals surface area contributed by atoms with Crippen LogP contribution in [0.1, 0.15) is 20.3 Å². The quantitative estimate of drug-likeness (QED) is 0.769. The molecule has 0 aliphatic heterocycles. The molecule has 1 heterocycles. The molecule has 0 aliphatic rings. The number of aromatic nitrogens is 1. The van der Waals surface area contributed by atoms with E-state index >= 15 is 0 Å². The van der Waals surface area contributed by atoms with Gasteiger partial charge in [-0.05, 0) is 32.0 Å². The molecular weight excluding hydrogens is 218 g/mol. The molecule has 1 unspecified atom stereocenters. The van der Waals surface area contributed by atoms with Gasteiger partial charge in [-0.25, -0.2) is 4.98 Å². The summed E-state index contributed by atoms with van der Waals surface area (Å²) in [5.41, 5.74) is -0.474. The van der Waals surface area contributed by atoms with Crippen molar-refractivity contribution in [3.05, 3.63) is 24.4 Å². The molecule has 16 heavy (non-hydrogen) atoms. The van der Waals surface area contributed by atoms with Crippen LogP contribution >= 0.6 is 11.8 Å². The fraction of sp³-hybridized carbons (Fsp3) is 0.500. The Kier molecular flexibility index (Phi) is 5.30. The number of nitrogens with zero attached hydrogens (tertiary/aromatic N) is 2. The fourth-order valence-corrected chi connectivity index (χ4v) is 2.09. The molecule has 1 rings (SSSR count). The predicted molar refractivity (Wildman–Crippen MR) is 67.3 cm³/mol. The van der Waals surface area contributed by atoms with Crippen molar-refractivity contribution in [2.75, 3.05) is 12.3 Å². The molecule has 1 N–H and O–H groups in total. The molecule has 0 amide bonds. The molecule has 0 radical (unpaired) electrons. The van der Waals surface area contributed by atoms with Crippen LogP contribution in [0.15, 0.2) is 29.4 Å². The first-order valence-electron chi connectivity index (χ1n) is 5.40. The van der Waals surface area contributed by atoms with Crippen LogP contribution < -0.4 is 5.32 Å². The number of nitrogens with one attached hydrogen (secondary N) is 1. The number of rotatable bonds is 6. The average molecular weight is 235 g/mol. The molecule has 4 heteroatoms. The van der Waals surface area contributed by atoms with Crippen LogP contribution in [-0.2, 0) is 0 Å². The van der Waals surface area contributed by atoms with Gasteiger partial charge >= 0.3 is 0 Å². The Bertz CT molecular complexity index is 347. The molecule has 0 saturated heterocycles. The highest BCUT2D eigenvalue weighted by Gasteiger charge is 2.22. The number of pyridine rings is 1. The lowest BCUT2D eigenvalue weighted by Gasteiger charge is -2.22. The number of thioether (sulfide) groups is 1. The van der Waals surface area contributed by atoms with E-state index in [9.17, 15) is 0 Å². The van der Waals surface area contributed by atoms with Crippen molar-refractivity contribution in [1.82, 2.24) is 10.3 Å². The molecule has 1 aromatic rings. The zero-order valence-corrected chi connectivity index (χ0v) is 10.5. The maximum Gasteiger partial charge on any atom is 0.113 e. The third-order valence-corrected chi connectivity index (χ3v) is 3.42. The Morgan fingerprint density at radius 2 is 2.38 bits per heavy atom. The molecule has 1 atom stereocenters. The summed E-state index contributed by atoms with van der Waals surface area (Å²) < 4.78 is 0. The van der Waals surface area contributed by atoms with Crippen molar-refractivity contribution in [2.24, 2.45) is 0 Å². The molecule has 86 valence electrons. The van der Waals surface area contributed by atoms with E-state index in [1.54, 1.807) is 18.0 Å². The van der Waals surface area contributed by atoms with Gasteiger partial charge in [-0.1, -0.05) is 13.0 Å². The first-order valence-corrected chi connectivity index (χ1v) is 6.39. The van der Waals surface area contributed by atoms with Gasteiger partial charge in [0.1, 0.15) is 5.54 Å². The highest BCUT2D eigenvalue weighted by molar-refractivity contribution is 7.99. The average Bonchev–Trinajstić information content (AvgIpc) is 2.35. The van der Waals surface area contributed by atoms with E-state index in [-0.39, 0.29) is 0 Å². The second kappa shape index (κ2) is 6.51. The monoisotopic (exact) mass is 235 g/mol. The third kappa shape index (κ3) is 4.21. The van der Waals surface area contributed by atoms with E-state index in [1.165, 1.54) is 0 Å². The molecule has 3 nitrogen and oxygen atoms in total. The molecule has 0 aliphatic carbocycles. The summed E-state index contributed by atoms with van der Waals surface area (Å²) in [6.45, 7) is 4.89. The smallest absolute Gasteiger partial charge is 0.113 e. The van der Waals surface area contributed by atoms with Gasteiger partial charge in [-0.3, -0.25) is 5.32 Å². The second-order valence-corrected chi connectivity index (χ2v) is 4.82. The topological polar surface area (TPSA) is 48.7 Å². The molecule has 0 spiro atoms. The van der Waals surface area contributed by atoms with Crippen molar-refractivity contribution in [3.8, 4) is 6.07 Å². The zero-order valence-electron chi connectivity index (χ0n) is 9.73. The van der Waals surface area contributed by atoms with E-state index < -0.39 is 5.54 Å². The SMILES string of the molecule is CCCNC(C)(C#N)CSc1ccccn1. The Morgan fingerprint density at radius 1 is 1.56 bits per heavy atom. The van der Waals surface area contributed by atoms with Gasteiger partial charge in [0, 0.05) is 11.9 Å². The van der Waals surface area contributed by atoms with Crippen LogP contribution in [0.5, 0.6) is 0 Å². The summed E-state index contributed by atoms with van der Waals surface area (Å²) in [7, 11) is 0. The van der Waals surface area contributed by atoms with E-state index in [4.69, 9.17) is 5.26 Å². The van der Waals surface area contributed by atoms with Gasteiger partial charge in [0.15, 0.2) is 0 Å². The van der Waals surface area contributed by atoms with Gasteiger partial charge < -0.3 is 0 Å². The molecule has 0 saturated carbocycles. The highest BCUT2D eigenvalue weighted by atomic mass is 32.2. The van der Waals surface area contributed by atoms with Gasteiger partial charge in [-0.2, -0.15) is 5.26 Å². The zero-order chi connectivity index (χ0) is 11.9. The van der Waals surface area contributed by atoms with Crippen LogP contribution in [0, 0.1) is 11.3 Å². The Balaban J connectivity index is 2.49. The van der Waals surface area contributed by atoms with Crippen molar-refractivity contribution in [1.29, 1.82) is 5.26 Å². The molecular formula is C12H17N3S. The number of hydrogen-bond donors (Lipinski definition) is 1. The first-order chi connectivity index (χ1) is 7.70. The van der Waals surface area contributed by atoms with E-state index in [0.717, 1.165) is 18.0 Å². The fourth-order valence-electron chi connectivity index (χ4n) is 1.17. The molecule has 0 fully saturated rings. The summed E-state index contributed by atoms with van der Waals surface area (Å²) >= 11 is 1.61. The summed E-state index contributed by atoms with van der Waals surface area (Å²) in [6.07, 6.45) is 2.80. The van der Waals surface area contributed by atoms with Gasteiger partial charge in [0.2, 0.25) is 0 Å². The lowest BCUT2D eigenvalue weighted by Crippen LogP contribution is -2.43. The van der Waals surface area contributed by atoms with Crippen LogP contribution in [0.3, 0.4) is 0 Å². The van der Waals surface area contributed by atoms with Gasteiger partial charge in [-0.15, -0.1) is 11.8 Å². The summed E-state index contributed by atoms with van der Waals surface area (Å²) in [4.78, 5) is 4.22. The van der Waals surface area contributed by atoms with Crippen molar-refractivity contribution in [2.45, 2.75) is 30.8 Å². The van der Waals surface area contributed by atoms with Crippen LogP contribution in [0.25, 0.3) is 0 Å². The summed E-state index contributed by atoms with van der Waals surface area (Å²) in [5.74, 6) is 0.709. The molecule has 0 aromatic carbocycles. The van der Waals surface area contributed by atoms with E-state index in [0.29, 0.717) is 5.75 Å². The largest absolute Gasteiger partial charge is 0.299 e. The van der Waals surface area contributed by atoms with Crippen LogP contribution in [-0.4, -0.2) is 22.8 Å². The van der Waals surface area contributed by atoms with E-state index in [1.807, 2.05) is 25.1 Å². The lowest BCUT2D eigenvalue weighted by molar-refractivity contribution is 0.493. The minimum atomic E-state index is -0.474. The summed E-state index contributed by atoms with van der Waals surface area (Å²) in [6, 6.07) is 8.13.